The fourth-order valence-electron chi connectivity index (χ4n) is 8.36. The summed E-state index contributed by atoms with van der Waals surface area (Å²) in [5, 5.41) is 11.8. The number of hydrogen-bond donors (Lipinski definition) is 4. The molecule has 1 aliphatic heterocycles. The van der Waals surface area contributed by atoms with Gasteiger partial charge in [0.25, 0.3) is 0 Å². The fraction of sp³-hybridized carbons (Fsp3) is 0.522. The van der Waals surface area contributed by atoms with Crippen LogP contribution in [0.4, 0.5) is 21.0 Å². The Morgan fingerprint density at radius 3 is 2.10 bits per heavy atom. The zero-order valence-corrected chi connectivity index (χ0v) is 34.7. The molecule has 2 atom stereocenters. The van der Waals surface area contributed by atoms with Gasteiger partial charge in [-0.05, 0) is 99.9 Å². The number of carbonyl (C=O) groups excluding carboxylic acids is 4. The quantitative estimate of drug-likeness (QED) is 0.117. The molecule has 58 heavy (non-hydrogen) atoms. The molecule has 0 spiro atoms. The summed E-state index contributed by atoms with van der Waals surface area (Å²) in [6.45, 7) is 9.62. The van der Waals surface area contributed by atoms with Gasteiger partial charge in [-0.25, -0.2) is 9.59 Å². The maximum absolute atomic E-state index is 14.3. The van der Waals surface area contributed by atoms with E-state index in [1.165, 1.54) is 0 Å². The number of nitrogens with zero attached hydrogens (tertiary/aromatic N) is 2. The topological polar surface area (TPSA) is 141 Å². The van der Waals surface area contributed by atoms with Gasteiger partial charge in [0.2, 0.25) is 11.8 Å². The first kappa shape index (κ1) is 42.5. The number of nitrogens with one attached hydrogen (secondary N) is 4. The van der Waals surface area contributed by atoms with Gasteiger partial charge < -0.3 is 40.5 Å². The Morgan fingerprint density at radius 1 is 0.759 bits per heavy atom. The van der Waals surface area contributed by atoms with Crippen molar-refractivity contribution >= 4 is 35.4 Å². The Bertz CT molecular complexity index is 1820. The van der Waals surface area contributed by atoms with Crippen molar-refractivity contribution in [2.24, 2.45) is 5.92 Å². The van der Waals surface area contributed by atoms with Crippen molar-refractivity contribution in [2.45, 2.75) is 102 Å². The Kier molecular flexibility index (Phi) is 14.7. The van der Waals surface area contributed by atoms with E-state index in [4.69, 9.17) is 9.47 Å². The molecule has 2 fully saturated rings. The molecule has 12 nitrogen and oxygen atoms in total. The van der Waals surface area contributed by atoms with E-state index in [1.807, 2.05) is 69.3 Å². The van der Waals surface area contributed by atoms with Gasteiger partial charge >= 0.3 is 12.2 Å². The number of piperazine rings is 1. The maximum Gasteiger partial charge on any atom is 0.407 e. The van der Waals surface area contributed by atoms with E-state index in [0.29, 0.717) is 37.9 Å². The number of carbonyl (C=O) groups is 4. The number of likely N-dealkylation sites (N-methyl/N-ethyl adjacent to an activating group) is 1. The molecule has 3 aromatic carbocycles. The minimum atomic E-state index is -0.889. The molecule has 12 heteroatoms. The number of amides is 4. The maximum atomic E-state index is 14.3. The van der Waals surface area contributed by atoms with Crippen LogP contribution in [0.3, 0.4) is 0 Å². The molecular formula is C46H62N6O6. The average molecular weight is 795 g/mol. The van der Waals surface area contributed by atoms with Crippen LogP contribution < -0.4 is 26.2 Å². The number of unbranched alkanes of at least 4 members (excludes halogenated alkanes) is 1. The molecular weight excluding hydrogens is 733 g/mol. The van der Waals surface area contributed by atoms with Crippen LogP contribution in [-0.4, -0.2) is 93.0 Å². The standard InChI is InChI=1S/C46H62N6O6/c1-46(2,3)58-44(55)47-24-13-12-23-40(42(53)48-33-17-14-18-34(30-33)52-27-25-51(4)26-28-52)49-43(54)41(29-32-15-6-5-7-16-32)50-45(56)57-31-39-37-21-10-8-19-35(37)36-20-9-11-22-38(36)39/h8-11,14,17-22,30,32,39-41H,5-7,12-13,15-16,23-29,31H2,1-4H3,(H,47,55)(H,48,53)(H,49,54)(H,50,56)/t40-,41-/m0/s1. The Labute approximate surface area is 343 Å². The van der Waals surface area contributed by atoms with Gasteiger partial charge in [0.1, 0.15) is 24.3 Å². The molecule has 3 aromatic rings. The van der Waals surface area contributed by atoms with E-state index in [9.17, 15) is 19.2 Å². The summed E-state index contributed by atoms with van der Waals surface area (Å²) in [6, 6.07) is 22.4. The first-order valence-corrected chi connectivity index (χ1v) is 21.2. The molecule has 4 amide bonds. The SMILES string of the molecule is CN1CCN(c2cccc(NC(=O)[C@H](CCCCNC(=O)OC(C)(C)C)NC(=O)[C@H](CC3CCCCC3)NC(=O)OCC3c4ccccc4-c4ccccc43)c2)CC1. The van der Waals surface area contributed by atoms with Crippen molar-refractivity contribution in [3.8, 4) is 11.1 Å². The summed E-state index contributed by atoms with van der Waals surface area (Å²) in [7, 11) is 2.11. The Balaban J connectivity index is 1.13. The summed E-state index contributed by atoms with van der Waals surface area (Å²) in [5.41, 5.74) is 5.55. The van der Waals surface area contributed by atoms with E-state index < -0.39 is 35.8 Å². The minimum absolute atomic E-state index is 0.114. The number of alkyl carbamates (subject to hydrolysis) is 2. The van der Waals surface area contributed by atoms with E-state index >= 15 is 0 Å². The molecule has 4 N–H and O–H groups in total. The summed E-state index contributed by atoms with van der Waals surface area (Å²) in [6.07, 6.45) is 6.03. The van der Waals surface area contributed by atoms with Gasteiger partial charge in [-0.3, -0.25) is 9.59 Å². The lowest BCUT2D eigenvalue weighted by Gasteiger charge is -2.34. The largest absolute Gasteiger partial charge is 0.449 e. The molecule has 0 radical (unpaired) electrons. The van der Waals surface area contributed by atoms with Crippen LogP contribution >= 0.6 is 0 Å². The Morgan fingerprint density at radius 2 is 1.43 bits per heavy atom. The van der Waals surface area contributed by atoms with Crippen LogP contribution in [-0.2, 0) is 19.1 Å². The number of rotatable bonds is 15. The third-order valence-electron chi connectivity index (χ3n) is 11.4. The van der Waals surface area contributed by atoms with Crippen LogP contribution in [0.2, 0.25) is 0 Å². The van der Waals surface area contributed by atoms with Crippen LogP contribution in [0.5, 0.6) is 0 Å². The predicted octanol–water partition coefficient (Wildman–Crippen LogP) is 7.43. The minimum Gasteiger partial charge on any atom is -0.449 e. The first-order valence-electron chi connectivity index (χ1n) is 21.2. The van der Waals surface area contributed by atoms with Crippen LogP contribution in [0.25, 0.3) is 11.1 Å². The molecule has 0 bridgehead atoms. The van der Waals surface area contributed by atoms with Gasteiger partial charge in [0.05, 0.1) is 0 Å². The smallest absolute Gasteiger partial charge is 0.407 e. The van der Waals surface area contributed by atoms with Crippen molar-refractivity contribution < 1.29 is 28.7 Å². The number of fused-ring (bicyclic) bond motifs is 3. The summed E-state index contributed by atoms with van der Waals surface area (Å²) < 4.78 is 11.2. The lowest BCUT2D eigenvalue weighted by molar-refractivity contribution is -0.128. The van der Waals surface area contributed by atoms with Crippen LogP contribution in [0.15, 0.2) is 72.8 Å². The van der Waals surface area contributed by atoms with E-state index in [-0.39, 0.29) is 24.3 Å². The molecule has 2 aliphatic carbocycles. The Hall–Kier alpha value is -5.10. The fourth-order valence-corrected chi connectivity index (χ4v) is 8.36. The van der Waals surface area contributed by atoms with Crippen LogP contribution in [0.1, 0.15) is 95.6 Å². The van der Waals surface area contributed by atoms with Gasteiger partial charge in [-0.2, -0.15) is 0 Å². The lowest BCUT2D eigenvalue weighted by Crippen LogP contribution is -2.53. The highest BCUT2D eigenvalue weighted by Gasteiger charge is 2.32. The van der Waals surface area contributed by atoms with E-state index in [2.05, 4.69) is 62.4 Å². The normalized spacial score (nSPS) is 17.0. The number of anilines is 2. The van der Waals surface area contributed by atoms with E-state index in [0.717, 1.165) is 86.2 Å². The van der Waals surface area contributed by atoms with Crippen molar-refractivity contribution in [1.82, 2.24) is 20.9 Å². The third-order valence-corrected chi connectivity index (χ3v) is 11.4. The monoisotopic (exact) mass is 794 g/mol. The second-order valence-corrected chi connectivity index (χ2v) is 17.1. The van der Waals surface area contributed by atoms with Gasteiger partial charge in [0, 0.05) is 50.0 Å². The highest BCUT2D eigenvalue weighted by molar-refractivity contribution is 5.98. The number of hydrogen-bond acceptors (Lipinski definition) is 8. The van der Waals surface area contributed by atoms with Gasteiger partial charge in [0.15, 0.2) is 0 Å². The van der Waals surface area contributed by atoms with E-state index in [1.54, 1.807) is 0 Å². The predicted molar refractivity (Wildman–Crippen MR) is 228 cm³/mol. The summed E-state index contributed by atoms with van der Waals surface area (Å²) in [4.78, 5) is 58.7. The van der Waals surface area contributed by atoms with Crippen molar-refractivity contribution in [3.63, 3.8) is 0 Å². The van der Waals surface area contributed by atoms with Crippen LogP contribution in [0, 0.1) is 5.92 Å². The number of ether oxygens (including phenoxy) is 2. The molecule has 0 aromatic heterocycles. The van der Waals surface area contributed by atoms with Gasteiger partial charge in [-0.15, -0.1) is 0 Å². The van der Waals surface area contributed by atoms with Crippen molar-refractivity contribution in [2.75, 3.05) is 56.6 Å². The van der Waals surface area contributed by atoms with Crippen molar-refractivity contribution in [1.29, 1.82) is 0 Å². The van der Waals surface area contributed by atoms with Gasteiger partial charge in [-0.1, -0.05) is 86.7 Å². The second-order valence-electron chi connectivity index (χ2n) is 17.1. The molecule has 1 saturated carbocycles. The molecule has 1 heterocycles. The highest BCUT2D eigenvalue weighted by Crippen LogP contribution is 2.44. The average Bonchev–Trinajstić information content (AvgIpc) is 3.52. The molecule has 0 unspecified atom stereocenters. The molecule has 6 rings (SSSR count). The number of benzene rings is 3. The second kappa shape index (κ2) is 20.0. The zero-order chi connectivity index (χ0) is 41.1. The first-order chi connectivity index (χ1) is 27.9. The summed E-state index contributed by atoms with van der Waals surface area (Å²) >= 11 is 0. The molecule has 3 aliphatic rings. The third kappa shape index (κ3) is 12.0. The molecule has 312 valence electrons. The lowest BCUT2D eigenvalue weighted by atomic mass is 9.84. The summed E-state index contributed by atoms with van der Waals surface area (Å²) in [5.74, 6) is -0.614. The van der Waals surface area contributed by atoms with Crippen molar-refractivity contribution in [3.05, 3.63) is 83.9 Å². The molecule has 1 saturated heterocycles. The highest BCUT2D eigenvalue weighted by atomic mass is 16.6. The zero-order valence-electron chi connectivity index (χ0n) is 34.7.